The van der Waals surface area contributed by atoms with E-state index in [1.807, 2.05) is 32.3 Å². The van der Waals surface area contributed by atoms with Crippen LogP contribution in [0.25, 0.3) is 10.1 Å². The van der Waals surface area contributed by atoms with Crippen LogP contribution in [0.15, 0.2) is 18.2 Å². The zero-order chi connectivity index (χ0) is 17.7. The molecule has 0 aliphatic heterocycles. The number of carbonyl (C=O) groups excluding carboxylic acids is 1. The molecule has 0 atom stereocenters. The van der Waals surface area contributed by atoms with Crippen molar-refractivity contribution in [1.29, 1.82) is 0 Å². The van der Waals surface area contributed by atoms with Gasteiger partial charge < -0.3 is 20.3 Å². The SMILES string of the molecule is COC(=O)c1sc2cc(NC(=S)NCCCN(C)C)ccc2c1Cl. The first-order chi connectivity index (χ1) is 11.4. The van der Waals surface area contributed by atoms with Crippen molar-refractivity contribution in [3.05, 3.63) is 28.1 Å². The van der Waals surface area contributed by atoms with Crippen molar-refractivity contribution in [3.8, 4) is 0 Å². The highest BCUT2D eigenvalue weighted by molar-refractivity contribution is 7.80. The Hall–Kier alpha value is -1.41. The van der Waals surface area contributed by atoms with Crippen molar-refractivity contribution in [3.63, 3.8) is 0 Å². The largest absolute Gasteiger partial charge is 0.465 e. The lowest BCUT2D eigenvalue weighted by Gasteiger charge is -2.12. The standard InChI is InChI=1S/C16H20ClN3O2S2/c1-20(2)8-4-7-18-16(23)19-10-5-6-11-12(9-10)24-14(13(11)17)15(21)22-3/h5-6,9H,4,7-8H2,1-3H3,(H2,18,19,23). The lowest BCUT2D eigenvalue weighted by molar-refractivity contribution is 0.0606. The Bertz CT molecular complexity index is 746. The third kappa shape index (κ3) is 4.80. The number of benzene rings is 1. The molecule has 8 heteroatoms. The number of rotatable bonds is 6. The average molecular weight is 386 g/mol. The lowest BCUT2D eigenvalue weighted by Crippen LogP contribution is -2.30. The number of hydrogen-bond acceptors (Lipinski definition) is 5. The predicted molar refractivity (Wildman–Crippen MR) is 106 cm³/mol. The third-order valence-corrected chi connectivity index (χ3v) is 5.21. The van der Waals surface area contributed by atoms with Gasteiger partial charge in [0.25, 0.3) is 0 Å². The highest BCUT2D eigenvalue weighted by Crippen LogP contribution is 2.37. The van der Waals surface area contributed by atoms with Crippen molar-refractivity contribution >= 4 is 62.0 Å². The van der Waals surface area contributed by atoms with Crippen LogP contribution >= 0.6 is 35.2 Å². The Morgan fingerprint density at radius 1 is 1.42 bits per heavy atom. The topological polar surface area (TPSA) is 53.6 Å². The second kappa shape index (κ2) is 8.62. The lowest BCUT2D eigenvalue weighted by atomic mass is 10.2. The van der Waals surface area contributed by atoms with Crippen LogP contribution in [0.3, 0.4) is 0 Å². The Labute approximate surface area is 155 Å². The van der Waals surface area contributed by atoms with Gasteiger partial charge in [0.05, 0.1) is 12.1 Å². The number of ether oxygens (including phenoxy) is 1. The summed E-state index contributed by atoms with van der Waals surface area (Å²) in [5.41, 5.74) is 0.849. The van der Waals surface area contributed by atoms with E-state index in [1.54, 1.807) is 0 Å². The Kier molecular flexibility index (Phi) is 6.79. The van der Waals surface area contributed by atoms with E-state index in [-0.39, 0.29) is 0 Å². The number of nitrogens with one attached hydrogen (secondary N) is 2. The van der Waals surface area contributed by atoms with Crippen LogP contribution in [0.4, 0.5) is 5.69 Å². The number of fused-ring (bicyclic) bond motifs is 1. The van der Waals surface area contributed by atoms with E-state index in [1.165, 1.54) is 18.4 Å². The van der Waals surface area contributed by atoms with Gasteiger partial charge in [-0.25, -0.2) is 4.79 Å². The van der Waals surface area contributed by atoms with E-state index in [4.69, 9.17) is 28.6 Å². The number of anilines is 1. The molecule has 2 rings (SSSR count). The van der Waals surface area contributed by atoms with Gasteiger partial charge in [0, 0.05) is 22.3 Å². The second-order valence-electron chi connectivity index (χ2n) is 5.49. The molecule has 2 aromatic rings. The van der Waals surface area contributed by atoms with Gasteiger partial charge in [-0.15, -0.1) is 11.3 Å². The van der Waals surface area contributed by atoms with Gasteiger partial charge in [0.1, 0.15) is 4.88 Å². The Morgan fingerprint density at radius 2 is 2.17 bits per heavy atom. The summed E-state index contributed by atoms with van der Waals surface area (Å²) in [5.74, 6) is -0.422. The van der Waals surface area contributed by atoms with Gasteiger partial charge in [-0.3, -0.25) is 0 Å². The molecule has 0 aliphatic carbocycles. The molecule has 0 spiro atoms. The summed E-state index contributed by atoms with van der Waals surface area (Å²) in [6.07, 6.45) is 1.01. The monoisotopic (exact) mass is 385 g/mol. The quantitative estimate of drug-likeness (QED) is 0.450. The molecule has 0 bridgehead atoms. The van der Waals surface area contributed by atoms with Crippen LogP contribution < -0.4 is 10.6 Å². The van der Waals surface area contributed by atoms with Crippen LogP contribution in [0.2, 0.25) is 5.02 Å². The fourth-order valence-corrected chi connectivity index (χ4v) is 3.83. The minimum absolute atomic E-state index is 0.413. The number of halogens is 1. The number of esters is 1. The summed E-state index contributed by atoms with van der Waals surface area (Å²) in [4.78, 5) is 14.3. The molecule has 24 heavy (non-hydrogen) atoms. The molecule has 0 saturated carbocycles. The summed E-state index contributed by atoms with van der Waals surface area (Å²) in [6, 6.07) is 5.68. The zero-order valence-electron chi connectivity index (χ0n) is 13.8. The predicted octanol–water partition coefficient (Wildman–Crippen LogP) is 3.58. The number of methoxy groups -OCH3 is 1. The molecule has 0 saturated heterocycles. The van der Waals surface area contributed by atoms with E-state index < -0.39 is 5.97 Å². The van der Waals surface area contributed by atoms with Gasteiger partial charge in [0.15, 0.2) is 5.11 Å². The van der Waals surface area contributed by atoms with Crippen molar-refractivity contribution in [2.75, 3.05) is 39.6 Å². The minimum atomic E-state index is -0.422. The van der Waals surface area contributed by atoms with Crippen LogP contribution in [-0.2, 0) is 4.74 Å². The van der Waals surface area contributed by atoms with Crippen molar-refractivity contribution in [2.24, 2.45) is 0 Å². The number of thiocarbonyl (C=S) groups is 1. The highest BCUT2D eigenvalue weighted by Gasteiger charge is 2.17. The number of hydrogen-bond donors (Lipinski definition) is 2. The highest BCUT2D eigenvalue weighted by atomic mass is 35.5. The van der Waals surface area contributed by atoms with Crippen LogP contribution in [0.5, 0.6) is 0 Å². The number of thiophene rings is 1. The van der Waals surface area contributed by atoms with Gasteiger partial charge in [-0.1, -0.05) is 11.6 Å². The fourth-order valence-electron chi connectivity index (χ4n) is 2.14. The smallest absolute Gasteiger partial charge is 0.349 e. The van der Waals surface area contributed by atoms with Gasteiger partial charge in [0.2, 0.25) is 0 Å². The fraction of sp³-hybridized carbons (Fsp3) is 0.375. The molecular weight excluding hydrogens is 366 g/mol. The number of carbonyl (C=O) groups is 1. The molecule has 0 unspecified atom stereocenters. The van der Waals surface area contributed by atoms with E-state index >= 15 is 0 Å². The summed E-state index contributed by atoms with van der Waals surface area (Å²) in [5, 5.41) is 8.16. The Morgan fingerprint density at radius 3 is 2.83 bits per heavy atom. The van der Waals surface area contributed by atoms with Crippen molar-refractivity contribution < 1.29 is 9.53 Å². The molecule has 0 fully saturated rings. The first-order valence-corrected chi connectivity index (χ1v) is 9.02. The summed E-state index contributed by atoms with van der Waals surface area (Å²) >= 11 is 12.8. The average Bonchev–Trinajstić information content (AvgIpc) is 2.87. The maximum atomic E-state index is 11.7. The number of nitrogens with zero attached hydrogens (tertiary/aromatic N) is 1. The normalized spacial score (nSPS) is 10.9. The minimum Gasteiger partial charge on any atom is -0.465 e. The molecule has 0 aliphatic rings. The summed E-state index contributed by atoms with van der Waals surface area (Å²) in [6.45, 7) is 1.81. The van der Waals surface area contributed by atoms with Gasteiger partial charge in [-0.05, 0) is 57.5 Å². The zero-order valence-corrected chi connectivity index (χ0v) is 16.2. The first-order valence-electron chi connectivity index (χ1n) is 7.42. The van der Waals surface area contributed by atoms with Gasteiger partial charge >= 0.3 is 5.97 Å². The molecule has 1 heterocycles. The van der Waals surface area contributed by atoms with E-state index in [2.05, 4.69) is 15.5 Å². The molecule has 130 valence electrons. The molecular formula is C16H20ClN3O2S2. The first kappa shape index (κ1) is 18.9. The summed E-state index contributed by atoms with van der Waals surface area (Å²) < 4.78 is 5.65. The molecule has 2 N–H and O–H groups in total. The van der Waals surface area contributed by atoms with Crippen LogP contribution in [0, 0.1) is 0 Å². The molecule has 1 aromatic carbocycles. The summed E-state index contributed by atoms with van der Waals surface area (Å²) in [7, 11) is 5.43. The molecule has 1 aromatic heterocycles. The Balaban J connectivity index is 2.03. The van der Waals surface area contributed by atoms with E-state index in [0.29, 0.717) is 15.0 Å². The van der Waals surface area contributed by atoms with E-state index in [9.17, 15) is 4.79 Å². The molecule has 0 amide bonds. The van der Waals surface area contributed by atoms with Gasteiger partial charge in [-0.2, -0.15) is 0 Å². The van der Waals surface area contributed by atoms with Crippen molar-refractivity contribution in [1.82, 2.24) is 10.2 Å². The van der Waals surface area contributed by atoms with Crippen LogP contribution in [-0.4, -0.2) is 50.3 Å². The van der Waals surface area contributed by atoms with Crippen molar-refractivity contribution in [2.45, 2.75) is 6.42 Å². The molecule has 0 radical (unpaired) electrons. The maximum absolute atomic E-state index is 11.7. The third-order valence-electron chi connectivity index (χ3n) is 3.33. The maximum Gasteiger partial charge on any atom is 0.349 e. The second-order valence-corrected chi connectivity index (χ2v) is 7.32. The van der Waals surface area contributed by atoms with E-state index in [0.717, 1.165) is 35.3 Å². The van der Waals surface area contributed by atoms with Crippen LogP contribution in [0.1, 0.15) is 16.1 Å². The molecule has 5 nitrogen and oxygen atoms in total.